The number of hydrogen-bond donors (Lipinski definition) is 3. The van der Waals surface area contributed by atoms with Gasteiger partial charge in [-0.2, -0.15) is 26.3 Å². The van der Waals surface area contributed by atoms with Gasteiger partial charge < -0.3 is 19.9 Å². The highest BCUT2D eigenvalue weighted by atomic mass is 19.4. The first kappa shape index (κ1) is 36.5. The Hall–Kier alpha value is -4.72. The predicted molar refractivity (Wildman–Crippen MR) is 133 cm³/mol. The summed E-state index contributed by atoms with van der Waals surface area (Å²) in [6, 6.07) is 0.981. The van der Waals surface area contributed by atoms with Crippen LogP contribution in [0.5, 0.6) is 0 Å². The van der Waals surface area contributed by atoms with E-state index in [1.807, 2.05) is 5.32 Å². The molecule has 3 rings (SSSR count). The second-order valence-electron chi connectivity index (χ2n) is 10.1. The summed E-state index contributed by atoms with van der Waals surface area (Å²) in [6.07, 6.45) is -16.0. The fourth-order valence-electron chi connectivity index (χ4n) is 3.25. The van der Waals surface area contributed by atoms with Crippen molar-refractivity contribution in [3.8, 4) is 0 Å². The maximum atomic E-state index is 14.8. The molecule has 0 aromatic carbocycles. The Morgan fingerprint density at radius 3 is 2.11 bits per heavy atom. The Balaban J connectivity index is 0.000000900. The molecule has 3 N–H and O–H groups in total. The van der Waals surface area contributed by atoms with E-state index in [9.17, 15) is 49.1 Å². The maximum absolute atomic E-state index is 14.8. The molecule has 0 aliphatic carbocycles. The Labute approximate surface area is 247 Å². The number of hydrogen-bond acceptors (Lipinski definition) is 9. The molecular weight excluding hydrogens is 639 g/mol. The molecule has 2 amide bonds. The molecular formula is C24H23F9N6O6. The summed E-state index contributed by atoms with van der Waals surface area (Å²) in [5.74, 6) is -5.08. The Bertz CT molecular complexity index is 1430. The summed E-state index contributed by atoms with van der Waals surface area (Å²) in [4.78, 5) is 48.3. The molecule has 0 bridgehead atoms. The molecule has 45 heavy (non-hydrogen) atoms. The lowest BCUT2D eigenvalue weighted by molar-refractivity contribution is -0.208. The molecule has 21 heteroatoms. The molecule has 1 aliphatic rings. The molecule has 0 spiro atoms. The number of ether oxygens (including phenoxy) is 2. The smallest absolute Gasteiger partial charge is 0.475 e. The maximum Gasteiger partial charge on any atom is 0.490 e. The topological polar surface area (TPSA) is 165 Å². The number of alkyl halides is 8. The zero-order valence-corrected chi connectivity index (χ0v) is 23.4. The van der Waals surface area contributed by atoms with Gasteiger partial charge in [0, 0.05) is 6.42 Å². The van der Waals surface area contributed by atoms with Crippen LogP contribution in [-0.2, 0) is 19.8 Å². The van der Waals surface area contributed by atoms with Gasteiger partial charge in [0.2, 0.25) is 0 Å². The number of carbonyl (C=O) groups is 3. The summed E-state index contributed by atoms with van der Waals surface area (Å²) in [5.41, 5.74) is -4.65. The summed E-state index contributed by atoms with van der Waals surface area (Å²) in [7, 11) is 0. The molecule has 0 unspecified atom stereocenters. The van der Waals surface area contributed by atoms with Crippen LogP contribution >= 0.6 is 0 Å². The number of carboxylic acid groups (broad SMARTS) is 1. The number of anilines is 1. The van der Waals surface area contributed by atoms with Crippen molar-refractivity contribution in [1.29, 1.82) is 0 Å². The molecule has 12 nitrogen and oxygen atoms in total. The number of aromatic nitrogens is 3. The lowest BCUT2D eigenvalue weighted by atomic mass is 9.89. The summed E-state index contributed by atoms with van der Waals surface area (Å²) in [6.45, 7) is 5.71. The molecule has 2 aromatic heterocycles. The van der Waals surface area contributed by atoms with Gasteiger partial charge in [-0.3, -0.25) is 9.78 Å². The quantitative estimate of drug-likeness (QED) is 0.370. The first-order valence-electron chi connectivity index (χ1n) is 12.1. The molecule has 1 aliphatic heterocycles. The van der Waals surface area contributed by atoms with Gasteiger partial charge in [0.15, 0.2) is 6.10 Å². The zero-order chi connectivity index (χ0) is 34.5. The molecule has 0 saturated carbocycles. The lowest BCUT2D eigenvalue weighted by Gasteiger charge is -2.36. The average molecular weight is 662 g/mol. The van der Waals surface area contributed by atoms with E-state index >= 15 is 0 Å². The van der Waals surface area contributed by atoms with Gasteiger partial charge in [0.25, 0.3) is 18.4 Å². The van der Waals surface area contributed by atoms with Gasteiger partial charge in [-0.15, -0.1) is 0 Å². The number of nitrogens with zero attached hydrogens (tertiary/aromatic N) is 4. The Morgan fingerprint density at radius 1 is 1.04 bits per heavy atom. The SMILES string of the molecule is CC(C)(C)OC(=O)NC1=N[C@](C)(c2nc(NC(=O)c3cnc(C(F)F)cn3)ccc2F)C[C@@H](C(F)(F)F)O1.O=C(O)C(F)(F)F. The van der Waals surface area contributed by atoms with Crippen molar-refractivity contribution in [2.45, 2.75) is 70.1 Å². The molecule has 0 radical (unpaired) electrons. The molecule has 0 saturated heterocycles. The van der Waals surface area contributed by atoms with Crippen LogP contribution in [0.1, 0.15) is 62.4 Å². The fourth-order valence-corrected chi connectivity index (χ4v) is 3.25. The normalized spacial score (nSPS) is 18.5. The number of pyridine rings is 1. The number of carbonyl (C=O) groups excluding carboxylic acids is 2. The van der Waals surface area contributed by atoms with Crippen molar-refractivity contribution in [2.75, 3.05) is 5.32 Å². The summed E-state index contributed by atoms with van der Waals surface area (Å²) >= 11 is 0. The Kier molecular flexibility index (Phi) is 10.9. The first-order chi connectivity index (χ1) is 20.4. The van der Waals surface area contributed by atoms with E-state index in [0.717, 1.165) is 25.3 Å². The monoisotopic (exact) mass is 662 g/mol. The molecule has 3 heterocycles. The first-order valence-corrected chi connectivity index (χ1v) is 12.1. The third-order valence-corrected chi connectivity index (χ3v) is 5.13. The largest absolute Gasteiger partial charge is 0.490 e. The molecule has 0 fully saturated rings. The molecule has 2 aromatic rings. The highest BCUT2D eigenvalue weighted by Gasteiger charge is 2.51. The summed E-state index contributed by atoms with van der Waals surface area (Å²) in [5, 5.41) is 11.3. The van der Waals surface area contributed by atoms with Crippen molar-refractivity contribution in [3.63, 3.8) is 0 Å². The number of nitrogens with one attached hydrogen (secondary N) is 2. The van der Waals surface area contributed by atoms with Gasteiger partial charge in [-0.1, -0.05) is 0 Å². The minimum Gasteiger partial charge on any atom is -0.475 e. The van der Waals surface area contributed by atoms with Crippen LogP contribution in [0.2, 0.25) is 0 Å². The number of carboxylic acids is 1. The minimum atomic E-state index is -5.08. The molecule has 2 atom stereocenters. The number of amides is 2. The minimum absolute atomic E-state index is 0.306. The van der Waals surface area contributed by atoms with E-state index in [-0.39, 0.29) is 11.5 Å². The number of rotatable bonds is 4. The van der Waals surface area contributed by atoms with Gasteiger partial charge >= 0.3 is 24.4 Å². The molecule has 248 valence electrons. The second kappa shape index (κ2) is 13.5. The van der Waals surface area contributed by atoms with Gasteiger partial charge in [-0.05, 0) is 39.8 Å². The predicted octanol–water partition coefficient (Wildman–Crippen LogP) is 5.28. The average Bonchev–Trinajstić information content (AvgIpc) is 2.87. The van der Waals surface area contributed by atoms with E-state index < -0.39 is 83.6 Å². The number of aliphatic carboxylic acids is 1. The van der Waals surface area contributed by atoms with E-state index in [4.69, 9.17) is 19.4 Å². The Morgan fingerprint density at radius 2 is 1.64 bits per heavy atom. The highest BCUT2D eigenvalue weighted by molar-refractivity contribution is 6.02. The van der Waals surface area contributed by atoms with Crippen LogP contribution in [0.15, 0.2) is 29.5 Å². The number of aliphatic imine (C=N–C) groups is 1. The summed E-state index contributed by atoms with van der Waals surface area (Å²) < 4.78 is 123. The van der Waals surface area contributed by atoms with Crippen LogP contribution in [0.4, 0.5) is 50.1 Å². The van der Waals surface area contributed by atoms with Crippen molar-refractivity contribution >= 4 is 29.8 Å². The van der Waals surface area contributed by atoms with E-state index in [2.05, 4.69) is 25.3 Å². The van der Waals surface area contributed by atoms with Gasteiger partial charge in [0.05, 0.1) is 12.4 Å². The van der Waals surface area contributed by atoms with Crippen LogP contribution in [0.25, 0.3) is 0 Å². The van der Waals surface area contributed by atoms with Crippen LogP contribution < -0.4 is 10.6 Å². The third kappa shape index (κ3) is 10.7. The highest BCUT2D eigenvalue weighted by Crippen LogP contribution is 2.40. The fraction of sp³-hybridized carbons (Fsp3) is 0.458. The van der Waals surface area contributed by atoms with Crippen LogP contribution in [-0.4, -0.2) is 68.1 Å². The van der Waals surface area contributed by atoms with Crippen molar-refractivity contribution in [3.05, 3.63) is 47.4 Å². The van der Waals surface area contributed by atoms with E-state index in [1.54, 1.807) is 0 Å². The zero-order valence-electron chi connectivity index (χ0n) is 23.4. The number of halogens is 9. The standard InChI is InChI=1S/C22H22F6N6O4.C2HF3O2/c1-20(2,3)38-19(36)33-18-34-21(4,7-13(37-18)22(26,27)28)15-10(23)5-6-14(31-15)32-17(35)12-9-29-11(8-30-12)16(24)25;3-2(4,5)1(6)7/h5-6,8-9,13,16H,7H2,1-4H3,(H,31,32,35)(H,33,34,36);(H,6,7)/t13-,21-;/m0./s1. The van der Waals surface area contributed by atoms with Crippen LogP contribution in [0.3, 0.4) is 0 Å². The van der Waals surface area contributed by atoms with E-state index in [1.165, 1.54) is 20.8 Å². The second-order valence-corrected chi connectivity index (χ2v) is 10.1. The number of amidine groups is 1. The van der Waals surface area contributed by atoms with E-state index in [0.29, 0.717) is 6.20 Å². The van der Waals surface area contributed by atoms with Gasteiger partial charge in [-0.25, -0.2) is 43.0 Å². The van der Waals surface area contributed by atoms with Crippen molar-refractivity contribution in [2.24, 2.45) is 4.99 Å². The van der Waals surface area contributed by atoms with Gasteiger partial charge in [0.1, 0.15) is 39.9 Å². The van der Waals surface area contributed by atoms with Crippen LogP contribution in [0, 0.1) is 5.82 Å². The van der Waals surface area contributed by atoms with Crippen molar-refractivity contribution < 1.29 is 68.5 Å². The lowest BCUT2D eigenvalue weighted by Crippen LogP contribution is -2.49. The third-order valence-electron chi connectivity index (χ3n) is 5.13. The number of alkyl carbamates (subject to hydrolysis) is 1. The van der Waals surface area contributed by atoms with Crippen molar-refractivity contribution in [1.82, 2.24) is 20.3 Å².